The molecule has 0 aliphatic heterocycles. The Balaban J connectivity index is 2.02. The van der Waals surface area contributed by atoms with Gasteiger partial charge in [-0.3, -0.25) is 4.79 Å². The first-order chi connectivity index (χ1) is 12.5. The molecule has 0 bridgehead atoms. The number of hydrogen-bond donors (Lipinski definition) is 1. The maximum atomic E-state index is 12.1. The highest BCUT2D eigenvalue weighted by Gasteiger charge is 2.11. The molecule has 1 N–H and O–H groups in total. The molecule has 0 saturated heterocycles. The molecule has 134 valence electrons. The van der Waals surface area contributed by atoms with Crippen molar-refractivity contribution in [3.8, 4) is 5.75 Å². The number of anilines is 2. The fourth-order valence-corrected chi connectivity index (χ4v) is 2.95. The number of nitrogens with zero attached hydrogens (tertiary/aromatic N) is 2. The third kappa shape index (κ3) is 4.06. The van der Waals surface area contributed by atoms with Gasteiger partial charge in [0.1, 0.15) is 0 Å². The van der Waals surface area contributed by atoms with Crippen LogP contribution in [-0.2, 0) is 6.54 Å². The monoisotopic (exact) mass is 369 g/mol. The molecule has 0 radical (unpaired) electrons. The van der Waals surface area contributed by atoms with E-state index in [9.17, 15) is 4.79 Å². The summed E-state index contributed by atoms with van der Waals surface area (Å²) in [5.41, 5.74) is 3.72. The van der Waals surface area contributed by atoms with Crippen molar-refractivity contribution in [3.63, 3.8) is 0 Å². The summed E-state index contributed by atoms with van der Waals surface area (Å²) in [6.07, 6.45) is 1.65. The van der Waals surface area contributed by atoms with E-state index in [1.54, 1.807) is 6.20 Å². The van der Waals surface area contributed by atoms with Gasteiger partial charge in [0, 0.05) is 10.7 Å². The van der Waals surface area contributed by atoms with Gasteiger partial charge in [-0.05, 0) is 43.2 Å². The first kappa shape index (κ1) is 18.0. The molecule has 0 spiro atoms. The van der Waals surface area contributed by atoms with Crippen LogP contribution in [0.5, 0.6) is 5.75 Å². The van der Waals surface area contributed by atoms with E-state index in [-0.39, 0.29) is 5.75 Å². The summed E-state index contributed by atoms with van der Waals surface area (Å²) in [7, 11) is 1.46. The summed E-state index contributed by atoms with van der Waals surface area (Å²) in [5, 5.41) is 3.92. The van der Waals surface area contributed by atoms with Gasteiger partial charge >= 0.3 is 5.56 Å². The molecule has 1 heterocycles. The summed E-state index contributed by atoms with van der Waals surface area (Å²) in [4.78, 5) is 16.3. The maximum absolute atomic E-state index is 12.1. The SMILES string of the molecule is COc1cn(Cc2cccc(Cl)c2)c(Nc2ccc(C)cc2C)nc1=O. The minimum absolute atomic E-state index is 0.193. The molecule has 0 unspecified atom stereocenters. The van der Waals surface area contributed by atoms with Gasteiger partial charge in [0.15, 0.2) is 0 Å². The molecule has 0 amide bonds. The molecule has 0 atom stereocenters. The van der Waals surface area contributed by atoms with Crippen LogP contribution in [0.4, 0.5) is 11.6 Å². The first-order valence-electron chi connectivity index (χ1n) is 8.20. The van der Waals surface area contributed by atoms with E-state index in [4.69, 9.17) is 16.3 Å². The number of aromatic nitrogens is 2. The fraction of sp³-hybridized carbons (Fsp3) is 0.200. The van der Waals surface area contributed by atoms with E-state index in [0.29, 0.717) is 17.5 Å². The normalized spacial score (nSPS) is 10.6. The third-order valence-corrected chi connectivity index (χ3v) is 4.29. The van der Waals surface area contributed by atoms with Crippen LogP contribution in [0.25, 0.3) is 0 Å². The van der Waals surface area contributed by atoms with Crippen molar-refractivity contribution in [2.24, 2.45) is 0 Å². The summed E-state index contributed by atoms with van der Waals surface area (Å²) in [5.74, 6) is 0.640. The van der Waals surface area contributed by atoms with Gasteiger partial charge in [0.05, 0.1) is 19.9 Å². The van der Waals surface area contributed by atoms with Gasteiger partial charge < -0.3 is 14.6 Å². The van der Waals surface area contributed by atoms with Crippen molar-refractivity contribution < 1.29 is 4.74 Å². The Morgan fingerprint density at radius 3 is 2.69 bits per heavy atom. The molecule has 26 heavy (non-hydrogen) atoms. The molecule has 3 aromatic rings. The summed E-state index contributed by atoms with van der Waals surface area (Å²) >= 11 is 6.08. The molecule has 0 fully saturated rings. The zero-order chi connectivity index (χ0) is 18.7. The van der Waals surface area contributed by atoms with Gasteiger partial charge in [0.25, 0.3) is 0 Å². The second kappa shape index (κ2) is 7.62. The van der Waals surface area contributed by atoms with Crippen LogP contribution in [0.15, 0.2) is 53.5 Å². The zero-order valence-electron chi connectivity index (χ0n) is 14.9. The average Bonchev–Trinajstić information content (AvgIpc) is 2.59. The van der Waals surface area contributed by atoms with Crippen molar-refractivity contribution in [3.05, 3.63) is 80.7 Å². The topological polar surface area (TPSA) is 56.1 Å². The first-order valence-corrected chi connectivity index (χ1v) is 8.58. The lowest BCUT2D eigenvalue weighted by Gasteiger charge is -2.16. The zero-order valence-corrected chi connectivity index (χ0v) is 15.7. The molecular weight excluding hydrogens is 350 g/mol. The Hall–Kier alpha value is -2.79. The summed E-state index contributed by atoms with van der Waals surface area (Å²) in [6, 6.07) is 13.6. The largest absolute Gasteiger partial charge is 0.490 e. The van der Waals surface area contributed by atoms with Crippen LogP contribution >= 0.6 is 11.6 Å². The van der Waals surface area contributed by atoms with Gasteiger partial charge in [-0.15, -0.1) is 0 Å². The Morgan fingerprint density at radius 1 is 1.19 bits per heavy atom. The second-order valence-electron chi connectivity index (χ2n) is 6.14. The highest BCUT2D eigenvalue weighted by molar-refractivity contribution is 6.30. The predicted molar refractivity (Wildman–Crippen MR) is 105 cm³/mol. The smallest absolute Gasteiger partial charge is 0.316 e. The lowest BCUT2D eigenvalue weighted by molar-refractivity contribution is 0.402. The van der Waals surface area contributed by atoms with Gasteiger partial charge in [-0.1, -0.05) is 41.4 Å². The van der Waals surface area contributed by atoms with Crippen LogP contribution in [0.3, 0.4) is 0 Å². The van der Waals surface area contributed by atoms with Gasteiger partial charge in [-0.2, -0.15) is 4.98 Å². The Morgan fingerprint density at radius 2 is 2.00 bits per heavy atom. The minimum atomic E-state index is -0.415. The number of hydrogen-bond acceptors (Lipinski definition) is 4. The standard InChI is InChI=1S/C20H20ClN3O2/c1-13-7-8-17(14(2)9-13)22-20-23-19(25)18(26-3)12-24(20)11-15-5-4-6-16(21)10-15/h4-10,12H,11H2,1-3H3,(H,22,23,25). The highest BCUT2D eigenvalue weighted by Crippen LogP contribution is 2.22. The van der Waals surface area contributed by atoms with Crippen LogP contribution in [0, 0.1) is 13.8 Å². The second-order valence-corrected chi connectivity index (χ2v) is 6.58. The molecule has 1 aromatic heterocycles. The molecule has 0 aliphatic rings. The Bertz CT molecular complexity index is 999. The van der Waals surface area contributed by atoms with Crippen molar-refractivity contribution in [2.45, 2.75) is 20.4 Å². The molecule has 2 aromatic carbocycles. The van der Waals surface area contributed by atoms with Crippen molar-refractivity contribution in [1.82, 2.24) is 9.55 Å². The lowest BCUT2D eigenvalue weighted by atomic mass is 10.1. The average molecular weight is 370 g/mol. The van der Waals surface area contributed by atoms with E-state index < -0.39 is 5.56 Å². The van der Waals surface area contributed by atoms with Crippen LogP contribution < -0.4 is 15.6 Å². The summed E-state index contributed by atoms with van der Waals surface area (Å²) in [6.45, 7) is 4.55. The van der Waals surface area contributed by atoms with Crippen LogP contribution in [0.1, 0.15) is 16.7 Å². The van der Waals surface area contributed by atoms with E-state index in [1.807, 2.05) is 54.8 Å². The van der Waals surface area contributed by atoms with Crippen LogP contribution in [-0.4, -0.2) is 16.7 Å². The Kier molecular flexibility index (Phi) is 5.28. The van der Waals surface area contributed by atoms with E-state index in [2.05, 4.69) is 16.4 Å². The van der Waals surface area contributed by atoms with Gasteiger partial charge in [-0.25, -0.2) is 0 Å². The van der Waals surface area contributed by atoms with Crippen molar-refractivity contribution in [1.29, 1.82) is 0 Å². The minimum Gasteiger partial charge on any atom is -0.490 e. The number of rotatable bonds is 5. The number of halogens is 1. The third-order valence-electron chi connectivity index (χ3n) is 4.05. The number of ether oxygens (including phenoxy) is 1. The number of nitrogens with one attached hydrogen (secondary N) is 1. The van der Waals surface area contributed by atoms with E-state index in [1.165, 1.54) is 12.7 Å². The lowest BCUT2D eigenvalue weighted by Crippen LogP contribution is -2.19. The van der Waals surface area contributed by atoms with Crippen molar-refractivity contribution >= 4 is 23.2 Å². The molecule has 0 saturated carbocycles. The maximum Gasteiger partial charge on any atom is 0.316 e. The molecule has 3 rings (SSSR count). The van der Waals surface area contributed by atoms with E-state index in [0.717, 1.165) is 16.8 Å². The highest BCUT2D eigenvalue weighted by atomic mass is 35.5. The van der Waals surface area contributed by atoms with Crippen molar-refractivity contribution in [2.75, 3.05) is 12.4 Å². The van der Waals surface area contributed by atoms with Crippen LogP contribution in [0.2, 0.25) is 5.02 Å². The fourth-order valence-electron chi connectivity index (χ4n) is 2.74. The molecule has 0 aliphatic carbocycles. The number of benzene rings is 2. The van der Waals surface area contributed by atoms with E-state index >= 15 is 0 Å². The quantitative estimate of drug-likeness (QED) is 0.728. The predicted octanol–water partition coefficient (Wildman–Crippen LogP) is 4.31. The van der Waals surface area contributed by atoms with Gasteiger partial charge in [0.2, 0.25) is 11.7 Å². The molecular formula is C20H20ClN3O2. The molecule has 5 nitrogen and oxygen atoms in total. The number of aryl methyl sites for hydroxylation is 2. The molecule has 6 heteroatoms. The number of methoxy groups -OCH3 is 1. The Labute approximate surface area is 157 Å². The summed E-state index contributed by atoms with van der Waals surface area (Å²) < 4.78 is 6.98.